The van der Waals surface area contributed by atoms with E-state index in [4.69, 9.17) is 18.9 Å². The van der Waals surface area contributed by atoms with Gasteiger partial charge >= 0.3 is 0 Å². The van der Waals surface area contributed by atoms with Gasteiger partial charge in [0.15, 0.2) is 0 Å². The lowest BCUT2D eigenvalue weighted by atomic mass is 10.2. The first-order valence-electron chi connectivity index (χ1n) is 12.4. The van der Waals surface area contributed by atoms with Crippen molar-refractivity contribution in [3.8, 4) is 23.0 Å². The van der Waals surface area contributed by atoms with Gasteiger partial charge in [0, 0.05) is 47.5 Å². The molecule has 40 heavy (non-hydrogen) atoms. The fourth-order valence-corrected chi connectivity index (χ4v) is 3.49. The number of benzene rings is 3. The highest BCUT2D eigenvalue weighted by Gasteiger charge is 2.06. The minimum Gasteiger partial charge on any atom is -0.497 e. The van der Waals surface area contributed by atoms with Crippen molar-refractivity contribution < 1.29 is 28.5 Å². The zero-order valence-electron chi connectivity index (χ0n) is 22.9. The lowest BCUT2D eigenvalue weighted by Crippen LogP contribution is -2.18. The normalized spacial score (nSPS) is 10.8. The van der Waals surface area contributed by atoms with Crippen molar-refractivity contribution >= 4 is 29.9 Å². The van der Waals surface area contributed by atoms with Gasteiger partial charge in [-0.1, -0.05) is 0 Å². The third kappa shape index (κ3) is 9.35. The van der Waals surface area contributed by atoms with Crippen LogP contribution in [-0.4, -0.2) is 59.2 Å². The Morgan fingerprint density at radius 1 is 0.700 bits per heavy atom. The average molecular weight is 548 g/mol. The van der Waals surface area contributed by atoms with Crippen LogP contribution in [0.4, 0.5) is 5.69 Å². The van der Waals surface area contributed by atoms with Crippen LogP contribution in [0.3, 0.4) is 0 Å². The minimum absolute atomic E-state index is 0.201. The van der Waals surface area contributed by atoms with Crippen molar-refractivity contribution in [2.75, 3.05) is 40.3 Å². The van der Waals surface area contributed by atoms with E-state index in [1.807, 2.05) is 0 Å². The molecule has 0 unspecified atom stereocenters. The highest BCUT2D eigenvalue weighted by atomic mass is 16.5. The fraction of sp³-hybridized carbons (Fsp3) is 0.241. The van der Waals surface area contributed by atoms with Crippen molar-refractivity contribution in [1.29, 1.82) is 0 Å². The fourth-order valence-electron chi connectivity index (χ4n) is 3.49. The SMILES string of the molecule is COc1cc(C=NNC(=O)CCCNc2ccc(C(=O)NN=Cc3cc(OC)cc(OC)c3)cc2)cc(OC)c1. The molecule has 0 spiro atoms. The maximum absolute atomic E-state index is 12.4. The molecule has 11 nitrogen and oxygen atoms in total. The first kappa shape index (κ1) is 29.5. The standard InChI is InChI=1S/C29H33N5O6/c1-37-24-12-20(13-25(16-24)38-2)18-31-33-28(35)6-5-11-30-23-9-7-22(8-10-23)29(36)34-32-19-21-14-26(39-3)17-27(15-21)40-4/h7-10,12-19,30H,5-6,11H2,1-4H3,(H,33,35)(H,34,36). The van der Waals surface area contributed by atoms with Crippen LogP contribution >= 0.6 is 0 Å². The molecular weight excluding hydrogens is 514 g/mol. The second-order valence-electron chi connectivity index (χ2n) is 8.39. The zero-order valence-corrected chi connectivity index (χ0v) is 22.9. The van der Waals surface area contributed by atoms with Crippen LogP contribution in [0, 0.1) is 0 Å². The number of amides is 2. The summed E-state index contributed by atoms with van der Waals surface area (Å²) in [5.74, 6) is 1.96. The Labute approximate surface area is 233 Å². The van der Waals surface area contributed by atoms with E-state index in [-0.39, 0.29) is 11.8 Å². The summed E-state index contributed by atoms with van der Waals surface area (Å²) in [6.45, 7) is 0.573. The Bertz CT molecular complexity index is 1300. The van der Waals surface area contributed by atoms with E-state index in [1.54, 1.807) is 89.1 Å². The summed E-state index contributed by atoms with van der Waals surface area (Å²) in [7, 11) is 6.26. The smallest absolute Gasteiger partial charge is 0.271 e. The van der Waals surface area contributed by atoms with Crippen molar-refractivity contribution in [3.05, 3.63) is 77.4 Å². The van der Waals surface area contributed by atoms with Gasteiger partial charge < -0.3 is 24.3 Å². The molecular formula is C29H33N5O6. The first-order chi connectivity index (χ1) is 19.4. The second kappa shape index (κ2) is 15.4. The van der Waals surface area contributed by atoms with Crippen LogP contribution in [0.1, 0.15) is 34.3 Å². The Morgan fingerprint density at radius 3 is 1.65 bits per heavy atom. The zero-order chi connectivity index (χ0) is 28.7. The van der Waals surface area contributed by atoms with Gasteiger partial charge in [-0.25, -0.2) is 10.9 Å². The summed E-state index contributed by atoms with van der Waals surface area (Å²) in [5.41, 5.74) is 7.76. The van der Waals surface area contributed by atoms with E-state index >= 15 is 0 Å². The van der Waals surface area contributed by atoms with Crippen molar-refractivity contribution in [1.82, 2.24) is 10.9 Å². The monoisotopic (exact) mass is 547 g/mol. The van der Waals surface area contributed by atoms with Gasteiger partial charge in [0.05, 0.1) is 40.9 Å². The molecule has 0 bridgehead atoms. The molecule has 3 N–H and O–H groups in total. The Balaban J connectivity index is 1.39. The third-order valence-corrected chi connectivity index (χ3v) is 5.59. The summed E-state index contributed by atoms with van der Waals surface area (Å²) in [6, 6.07) is 17.6. The largest absolute Gasteiger partial charge is 0.497 e. The van der Waals surface area contributed by atoms with Crippen molar-refractivity contribution in [3.63, 3.8) is 0 Å². The van der Waals surface area contributed by atoms with Crippen LogP contribution in [0.2, 0.25) is 0 Å². The number of carbonyl (C=O) groups is 2. The lowest BCUT2D eigenvalue weighted by molar-refractivity contribution is -0.121. The van der Waals surface area contributed by atoms with Gasteiger partial charge in [0.1, 0.15) is 23.0 Å². The highest BCUT2D eigenvalue weighted by Crippen LogP contribution is 2.22. The molecule has 0 heterocycles. The number of carbonyl (C=O) groups excluding carboxylic acids is 2. The van der Waals surface area contributed by atoms with Crippen LogP contribution in [0.25, 0.3) is 0 Å². The summed E-state index contributed by atoms with van der Waals surface area (Å²) in [5, 5.41) is 11.2. The molecule has 3 aromatic carbocycles. The van der Waals surface area contributed by atoms with E-state index in [1.165, 1.54) is 12.4 Å². The minimum atomic E-state index is -0.345. The molecule has 0 atom stereocenters. The maximum atomic E-state index is 12.4. The number of methoxy groups -OCH3 is 4. The van der Waals surface area contributed by atoms with E-state index < -0.39 is 0 Å². The van der Waals surface area contributed by atoms with E-state index in [9.17, 15) is 9.59 Å². The van der Waals surface area contributed by atoms with Crippen LogP contribution < -0.4 is 35.1 Å². The summed E-state index contributed by atoms with van der Waals surface area (Å²) < 4.78 is 20.9. The Kier molecular flexibility index (Phi) is 11.3. The molecule has 0 aliphatic rings. The molecule has 210 valence electrons. The highest BCUT2D eigenvalue weighted by molar-refractivity contribution is 5.95. The topological polar surface area (TPSA) is 132 Å². The molecule has 0 aromatic heterocycles. The van der Waals surface area contributed by atoms with E-state index in [0.29, 0.717) is 53.5 Å². The number of anilines is 1. The first-order valence-corrected chi connectivity index (χ1v) is 12.4. The number of hydrogen-bond donors (Lipinski definition) is 3. The molecule has 3 rings (SSSR count). The Hall–Kier alpha value is -5.06. The number of rotatable bonds is 14. The molecule has 0 aliphatic heterocycles. The Morgan fingerprint density at radius 2 is 1.18 bits per heavy atom. The van der Waals surface area contributed by atoms with E-state index in [0.717, 1.165) is 11.3 Å². The molecule has 0 radical (unpaired) electrons. The molecule has 0 fully saturated rings. The third-order valence-electron chi connectivity index (χ3n) is 5.59. The summed E-state index contributed by atoms with van der Waals surface area (Å²) in [4.78, 5) is 24.5. The van der Waals surface area contributed by atoms with Crippen LogP contribution in [0.15, 0.2) is 70.9 Å². The molecule has 0 saturated carbocycles. The number of hydrogen-bond acceptors (Lipinski definition) is 9. The number of ether oxygens (including phenoxy) is 4. The predicted molar refractivity (Wildman–Crippen MR) is 154 cm³/mol. The van der Waals surface area contributed by atoms with Gasteiger partial charge in [-0.15, -0.1) is 0 Å². The van der Waals surface area contributed by atoms with Crippen LogP contribution in [-0.2, 0) is 4.79 Å². The molecule has 2 amide bonds. The maximum Gasteiger partial charge on any atom is 0.271 e. The summed E-state index contributed by atoms with van der Waals surface area (Å²) >= 11 is 0. The quantitative estimate of drug-likeness (QED) is 0.159. The second-order valence-corrected chi connectivity index (χ2v) is 8.39. The van der Waals surface area contributed by atoms with Crippen molar-refractivity contribution in [2.24, 2.45) is 10.2 Å². The van der Waals surface area contributed by atoms with Gasteiger partial charge in [0.25, 0.3) is 5.91 Å². The van der Waals surface area contributed by atoms with Crippen molar-refractivity contribution in [2.45, 2.75) is 12.8 Å². The number of nitrogens with one attached hydrogen (secondary N) is 3. The molecule has 0 aliphatic carbocycles. The average Bonchev–Trinajstić information content (AvgIpc) is 2.99. The molecule has 11 heteroatoms. The van der Waals surface area contributed by atoms with E-state index in [2.05, 4.69) is 26.4 Å². The predicted octanol–water partition coefficient (Wildman–Crippen LogP) is 3.83. The summed E-state index contributed by atoms with van der Waals surface area (Å²) in [6.07, 6.45) is 3.93. The number of hydrazone groups is 2. The molecule has 3 aromatic rings. The molecule has 0 saturated heterocycles. The number of nitrogens with zero attached hydrogens (tertiary/aromatic N) is 2. The van der Waals surface area contributed by atoms with Gasteiger partial charge in [0.2, 0.25) is 5.91 Å². The van der Waals surface area contributed by atoms with Gasteiger partial charge in [-0.05, 0) is 55.0 Å². The lowest BCUT2D eigenvalue weighted by Gasteiger charge is -2.07. The van der Waals surface area contributed by atoms with Gasteiger partial charge in [-0.3, -0.25) is 9.59 Å². The van der Waals surface area contributed by atoms with Crippen LogP contribution in [0.5, 0.6) is 23.0 Å². The van der Waals surface area contributed by atoms with Gasteiger partial charge in [-0.2, -0.15) is 10.2 Å².